The van der Waals surface area contributed by atoms with Crippen molar-refractivity contribution < 1.29 is 18.0 Å². The normalized spacial score (nSPS) is 18.8. The second-order valence-electron chi connectivity index (χ2n) is 4.64. The summed E-state index contributed by atoms with van der Waals surface area (Å²) in [6, 6.07) is 0.790. The summed E-state index contributed by atoms with van der Waals surface area (Å²) >= 11 is 3.12. The molecule has 1 aliphatic rings. The first kappa shape index (κ1) is 14.0. The van der Waals surface area contributed by atoms with Gasteiger partial charge >= 0.3 is 0 Å². The van der Waals surface area contributed by atoms with Gasteiger partial charge in [0.1, 0.15) is 11.6 Å². The van der Waals surface area contributed by atoms with E-state index in [4.69, 9.17) is 4.42 Å². The molecule has 0 radical (unpaired) electrons. The van der Waals surface area contributed by atoms with Crippen molar-refractivity contribution in [1.29, 1.82) is 0 Å². The number of aromatic nitrogens is 1. The Morgan fingerprint density at radius 2 is 2.33 bits per heavy atom. The molecule has 1 aliphatic heterocycles. The number of fused-ring (bicyclic) bond motifs is 1. The summed E-state index contributed by atoms with van der Waals surface area (Å²) < 4.78 is 33.0. The molecule has 1 unspecified atom stereocenters. The molecule has 1 atom stereocenters. The van der Waals surface area contributed by atoms with Gasteiger partial charge in [0.05, 0.1) is 10.5 Å². The van der Waals surface area contributed by atoms with E-state index < -0.39 is 11.6 Å². The molecule has 1 fully saturated rings. The van der Waals surface area contributed by atoms with E-state index >= 15 is 0 Å². The first-order chi connectivity index (χ1) is 10.0. The lowest BCUT2D eigenvalue weighted by Crippen LogP contribution is -2.48. The van der Waals surface area contributed by atoms with Gasteiger partial charge in [-0.3, -0.25) is 0 Å². The van der Waals surface area contributed by atoms with Crippen LogP contribution in [-0.4, -0.2) is 30.1 Å². The fourth-order valence-corrected chi connectivity index (χ4v) is 2.76. The van der Waals surface area contributed by atoms with Crippen LogP contribution in [0.25, 0.3) is 11.1 Å². The molecule has 3 rings (SSSR count). The van der Waals surface area contributed by atoms with Crippen LogP contribution in [0, 0.1) is 11.6 Å². The number of benzene rings is 1. The number of rotatable bonds is 1. The smallest absolute Gasteiger partial charge is 0.299 e. The maximum absolute atomic E-state index is 13.8. The lowest BCUT2D eigenvalue weighted by Gasteiger charge is -2.33. The first-order valence-corrected chi connectivity index (χ1v) is 7.01. The number of carbonyl (C=O) groups excluding carboxylic acids is 1. The second kappa shape index (κ2) is 5.13. The average Bonchev–Trinajstić information content (AvgIpc) is 2.91. The van der Waals surface area contributed by atoms with Crippen LogP contribution in [0.15, 0.2) is 20.7 Å². The highest BCUT2D eigenvalue weighted by Gasteiger charge is 2.28. The van der Waals surface area contributed by atoms with Crippen LogP contribution < -0.4 is 10.2 Å². The molecule has 8 heteroatoms. The highest BCUT2D eigenvalue weighted by molar-refractivity contribution is 9.10. The molecule has 5 nitrogen and oxygen atoms in total. The van der Waals surface area contributed by atoms with Gasteiger partial charge in [-0.05, 0) is 28.9 Å². The van der Waals surface area contributed by atoms with Crippen molar-refractivity contribution in [2.45, 2.75) is 13.0 Å². The van der Waals surface area contributed by atoms with Crippen molar-refractivity contribution in [3.8, 4) is 0 Å². The monoisotopic (exact) mass is 357 g/mol. The Morgan fingerprint density at radius 3 is 3.05 bits per heavy atom. The van der Waals surface area contributed by atoms with E-state index in [1.807, 2.05) is 5.94 Å². The summed E-state index contributed by atoms with van der Waals surface area (Å²) in [6.07, 6.45) is 0. The molecule has 0 bridgehead atoms. The van der Waals surface area contributed by atoms with E-state index in [0.29, 0.717) is 18.8 Å². The van der Waals surface area contributed by atoms with Crippen LogP contribution in [0.2, 0.25) is 0 Å². The fraction of sp³-hybridized carbons (Fsp3) is 0.308. The summed E-state index contributed by atoms with van der Waals surface area (Å²) in [5.41, 5.74) is 0.319. The molecule has 0 amide bonds. The zero-order valence-electron chi connectivity index (χ0n) is 10.9. The largest absolute Gasteiger partial charge is 0.422 e. The number of hydrogen-bond donors (Lipinski definition) is 1. The minimum atomic E-state index is -1.06. The molecule has 2 heterocycles. The third kappa shape index (κ3) is 2.20. The third-order valence-electron chi connectivity index (χ3n) is 3.41. The van der Waals surface area contributed by atoms with Crippen LogP contribution in [0.3, 0.4) is 0 Å². The summed E-state index contributed by atoms with van der Waals surface area (Å²) in [4.78, 5) is 16.6. The number of piperazine rings is 1. The quantitative estimate of drug-likeness (QED) is 0.627. The average molecular weight is 358 g/mol. The highest BCUT2D eigenvalue weighted by atomic mass is 79.9. The number of nitrogens with zero attached hydrogens (tertiary/aromatic N) is 2. The maximum Gasteiger partial charge on any atom is 0.299 e. The topological polar surface area (TPSA) is 58.4 Å². The van der Waals surface area contributed by atoms with Gasteiger partial charge in [-0.2, -0.15) is 4.98 Å². The van der Waals surface area contributed by atoms with Crippen LogP contribution in [0.1, 0.15) is 6.92 Å². The van der Waals surface area contributed by atoms with E-state index in [-0.39, 0.29) is 27.6 Å². The molecule has 1 N–H and O–H groups in total. The minimum absolute atomic E-state index is 0.131. The van der Waals surface area contributed by atoms with E-state index in [0.717, 1.165) is 6.07 Å². The number of oxazole rings is 1. The molecular formula is C13H10BrF2N3O2. The van der Waals surface area contributed by atoms with Gasteiger partial charge in [0.2, 0.25) is 0 Å². The Labute approximate surface area is 126 Å². The van der Waals surface area contributed by atoms with Crippen LogP contribution in [0.4, 0.5) is 14.8 Å². The Bertz CT molecular complexity index is 770. The van der Waals surface area contributed by atoms with Crippen LogP contribution in [0.5, 0.6) is 0 Å². The van der Waals surface area contributed by atoms with Gasteiger partial charge in [-0.25, -0.2) is 13.6 Å². The molecule has 1 aromatic heterocycles. The Balaban J connectivity index is 2.11. The summed E-state index contributed by atoms with van der Waals surface area (Å²) in [6.45, 7) is 2.79. The zero-order valence-corrected chi connectivity index (χ0v) is 12.5. The molecule has 0 spiro atoms. The summed E-state index contributed by atoms with van der Waals surface area (Å²) in [5, 5.41) is 2.92. The Morgan fingerprint density at radius 1 is 1.57 bits per heavy atom. The summed E-state index contributed by atoms with van der Waals surface area (Å²) in [5.74, 6) is -0.242. The predicted octanol–water partition coefficient (Wildman–Crippen LogP) is 2.38. The first-order valence-electron chi connectivity index (χ1n) is 6.22. The minimum Gasteiger partial charge on any atom is -0.422 e. The van der Waals surface area contributed by atoms with E-state index in [2.05, 4.69) is 26.2 Å². The molecule has 2 aromatic rings. The van der Waals surface area contributed by atoms with E-state index in [9.17, 15) is 13.6 Å². The maximum atomic E-state index is 13.8. The molecular weight excluding hydrogens is 348 g/mol. The SMILES string of the molecule is CC1C(=C=O)NCCN1c1nc2c(F)c(F)cc(Br)c2o1. The molecule has 1 saturated heterocycles. The third-order valence-corrected chi connectivity index (χ3v) is 4.00. The molecule has 0 saturated carbocycles. The van der Waals surface area contributed by atoms with Crippen molar-refractivity contribution in [1.82, 2.24) is 10.3 Å². The molecule has 0 aliphatic carbocycles. The van der Waals surface area contributed by atoms with Crippen molar-refractivity contribution >= 4 is 39.0 Å². The predicted molar refractivity (Wildman–Crippen MR) is 75.6 cm³/mol. The highest BCUT2D eigenvalue weighted by Crippen LogP contribution is 2.33. The van der Waals surface area contributed by atoms with Crippen LogP contribution in [-0.2, 0) is 4.79 Å². The standard InChI is InChI=1S/C13H10BrF2N3O2/c1-6-9(5-20)17-2-3-19(6)13-18-11-10(16)8(15)4-7(14)12(11)21-13/h4,6,17H,2-3H2,1H3. The second-order valence-corrected chi connectivity index (χ2v) is 5.49. The van der Waals surface area contributed by atoms with Gasteiger partial charge in [0.25, 0.3) is 6.01 Å². The van der Waals surface area contributed by atoms with Gasteiger partial charge in [0, 0.05) is 13.1 Å². The van der Waals surface area contributed by atoms with Gasteiger partial charge in [-0.1, -0.05) is 0 Å². The lowest BCUT2D eigenvalue weighted by atomic mass is 10.2. The molecule has 1 aromatic carbocycles. The fourth-order valence-electron chi connectivity index (χ4n) is 2.29. The number of anilines is 1. The van der Waals surface area contributed by atoms with E-state index in [1.165, 1.54) is 0 Å². The van der Waals surface area contributed by atoms with Gasteiger partial charge in [-0.15, -0.1) is 0 Å². The van der Waals surface area contributed by atoms with Crippen molar-refractivity contribution in [2.24, 2.45) is 0 Å². The number of nitrogens with one attached hydrogen (secondary N) is 1. The molecule has 21 heavy (non-hydrogen) atoms. The Hall–Kier alpha value is -1.92. The summed E-state index contributed by atoms with van der Waals surface area (Å²) in [7, 11) is 0. The Kier molecular flexibility index (Phi) is 3.43. The number of hydrogen-bond acceptors (Lipinski definition) is 5. The number of halogens is 3. The van der Waals surface area contributed by atoms with E-state index in [1.54, 1.807) is 11.8 Å². The van der Waals surface area contributed by atoms with Crippen molar-refractivity contribution in [3.05, 3.63) is 27.9 Å². The van der Waals surface area contributed by atoms with Gasteiger partial charge in [0.15, 0.2) is 22.7 Å². The lowest BCUT2D eigenvalue weighted by molar-refractivity contribution is 0.495. The molecule has 110 valence electrons. The van der Waals surface area contributed by atoms with Crippen molar-refractivity contribution in [2.75, 3.05) is 18.0 Å². The van der Waals surface area contributed by atoms with Crippen LogP contribution >= 0.6 is 15.9 Å². The van der Waals surface area contributed by atoms with Gasteiger partial charge < -0.3 is 14.6 Å². The van der Waals surface area contributed by atoms with Crippen molar-refractivity contribution in [3.63, 3.8) is 0 Å². The zero-order chi connectivity index (χ0) is 15.1.